The molecular weight excluding hydrogens is 701 g/mol. The van der Waals surface area contributed by atoms with Crippen LogP contribution in [0.3, 0.4) is 0 Å². The van der Waals surface area contributed by atoms with Crippen molar-refractivity contribution in [3.63, 3.8) is 0 Å². The van der Waals surface area contributed by atoms with Gasteiger partial charge in [0.05, 0.1) is 33.4 Å². The van der Waals surface area contributed by atoms with Gasteiger partial charge >= 0.3 is 0 Å². The molecule has 0 saturated heterocycles. The summed E-state index contributed by atoms with van der Waals surface area (Å²) in [6, 6.07) is 72.4. The Morgan fingerprint density at radius 1 is 0.224 bits per heavy atom. The molecule has 2 heterocycles. The van der Waals surface area contributed by atoms with Gasteiger partial charge in [-0.2, -0.15) is 0 Å². The molecule has 0 spiro atoms. The summed E-state index contributed by atoms with van der Waals surface area (Å²) in [4.78, 5) is 0. The minimum atomic E-state index is 1.22. The second kappa shape index (κ2) is 11.0. The molecule has 2 heteroatoms. The molecule has 266 valence electrons. The first-order chi connectivity index (χ1) is 28.8. The molecule has 10 aromatic carbocycles. The molecule has 0 N–H and O–H groups in total. The number of aromatic nitrogens is 2. The molecule has 2 aromatic heterocycles. The van der Waals surface area contributed by atoms with Crippen LogP contribution >= 0.6 is 0 Å². The van der Waals surface area contributed by atoms with E-state index in [-0.39, 0.29) is 0 Å². The summed E-state index contributed by atoms with van der Waals surface area (Å²) in [5.74, 6) is 0. The molecule has 0 fully saturated rings. The van der Waals surface area contributed by atoms with Gasteiger partial charge in [-0.25, -0.2) is 0 Å². The quantitative estimate of drug-likeness (QED) is 0.171. The van der Waals surface area contributed by atoms with E-state index in [1.807, 2.05) is 0 Å². The summed E-state index contributed by atoms with van der Waals surface area (Å²) >= 11 is 0. The van der Waals surface area contributed by atoms with Crippen molar-refractivity contribution in [2.24, 2.45) is 0 Å². The molecular formula is C56H32N2. The standard InChI is InChI=1S/C56H32N2/c1-3-13-37-35(11-1)41-17-9-19-45-51(29-25-43(37)55(41)45)57-49-21-7-5-15-39(49)47-31-33(23-27-53(47)57)34-24-28-54-48(32-34)40-16-6-8-22-50(40)58(54)52-30-26-44-38-14-4-2-12-36(38)42-18-10-20-46(52)56(42)44/h1-32H. The molecule has 0 amide bonds. The highest BCUT2D eigenvalue weighted by Gasteiger charge is 2.26. The minimum Gasteiger partial charge on any atom is -0.309 e. The van der Waals surface area contributed by atoms with Gasteiger partial charge < -0.3 is 9.13 Å². The van der Waals surface area contributed by atoms with Crippen LogP contribution < -0.4 is 0 Å². The van der Waals surface area contributed by atoms with Crippen LogP contribution in [0.5, 0.6) is 0 Å². The average Bonchev–Trinajstić information content (AvgIpc) is 4.01. The summed E-state index contributed by atoms with van der Waals surface area (Å²) in [6.07, 6.45) is 0. The molecule has 0 atom stereocenters. The maximum atomic E-state index is 2.48. The largest absolute Gasteiger partial charge is 0.309 e. The Bertz CT molecular complexity index is 3490. The molecule has 14 rings (SSSR count). The van der Waals surface area contributed by atoms with Gasteiger partial charge in [-0.05, 0) is 115 Å². The number of nitrogens with zero attached hydrogens (tertiary/aromatic N) is 2. The van der Waals surface area contributed by atoms with Crippen molar-refractivity contribution in [1.29, 1.82) is 0 Å². The number of rotatable bonds is 3. The van der Waals surface area contributed by atoms with Crippen LogP contribution in [0.25, 0.3) is 132 Å². The summed E-state index contributed by atoms with van der Waals surface area (Å²) < 4.78 is 4.96. The first-order valence-electron chi connectivity index (χ1n) is 20.2. The van der Waals surface area contributed by atoms with E-state index in [2.05, 4.69) is 203 Å². The highest BCUT2D eigenvalue weighted by Crippen LogP contribution is 2.51. The van der Waals surface area contributed by atoms with E-state index in [1.165, 1.54) is 132 Å². The third kappa shape index (κ3) is 3.82. The highest BCUT2D eigenvalue weighted by molar-refractivity contribution is 6.21. The van der Waals surface area contributed by atoms with Gasteiger partial charge in [-0.15, -0.1) is 0 Å². The Kier molecular flexibility index (Phi) is 5.79. The fourth-order valence-electron chi connectivity index (χ4n) is 10.8. The van der Waals surface area contributed by atoms with Crippen molar-refractivity contribution < 1.29 is 0 Å². The highest BCUT2D eigenvalue weighted by atomic mass is 15.0. The van der Waals surface area contributed by atoms with Gasteiger partial charge in [-0.1, -0.05) is 146 Å². The zero-order valence-electron chi connectivity index (χ0n) is 31.4. The number of fused-ring (bicyclic) bond motifs is 12. The van der Waals surface area contributed by atoms with Crippen molar-refractivity contribution >= 4 is 65.2 Å². The summed E-state index contributed by atoms with van der Waals surface area (Å²) in [5, 5.41) is 10.3. The molecule has 0 unspecified atom stereocenters. The van der Waals surface area contributed by atoms with Gasteiger partial charge in [-0.3, -0.25) is 0 Å². The van der Waals surface area contributed by atoms with Gasteiger partial charge in [0, 0.05) is 32.3 Å². The molecule has 0 aliphatic heterocycles. The van der Waals surface area contributed by atoms with Crippen molar-refractivity contribution in [2.45, 2.75) is 0 Å². The SMILES string of the molecule is c1ccc2c(c1)-c1cccc3c(-n4c5ccccc5c5cc(-c6ccc7c(c6)c6ccccc6n7-c6ccc7c8c(cccc68)-c6ccccc6-7)ccc54)ccc-2c13. The lowest BCUT2D eigenvalue weighted by Gasteiger charge is -2.14. The van der Waals surface area contributed by atoms with E-state index in [9.17, 15) is 0 Å². The van der Waals surface area contributed by atoms with Crippen LogP contribution in [0.4, 0.5) is 0 Å². The second-order valence-corrected chi connectivity index (χ2v) is 16.0. The number of hydrogen-bond acceptors (Lipinski definition) is 0. The van der Waals surface area contributed by atoms with Crippen LogP contribution in [-0.2, 0) is 0 Å². The maximum Gasteiger partial charge on any atom is 0.0541 e. The third-order valence-corrected chi connectivity index (χ3v) is 13.2. The predicted octanol–water partition coefficient (Wildman–Crippen LogP) is 15.1. The predicted molar refractivity (Wildman–Crippen MR) is 244 cm³/mol. The van der Waals surface area contributed by atoms with Crippen LogP contribution in [-0.4, -0.2) is 9.13 Å². The van der Waals surface area contributed by atoms with E-state index in [0.29, 0.717) is 0 Å². The zero-order chi connectivity index (χ0) is 37.6. The van der Waals surface area contributed by atoms with Crippen LogP contribution in [0, 0.1) is 0 Å². The number of hydrogen-bond donors (Lipinski definition) is 0. The monoisotopic (exact) mass is 732 g/mol. The Morgan fingerprint density at radius 2 is 0.569 bits per heavy atom. The van der Waals surface area contributed by atoms with Crippen molar-refractivity contribution in [2.75, 3.05) is 0 Å². The first-order valence-corrected chi connectivity index (χ1v) is 20.2. The smallest absolute Gasteiger partial charge is 0.0541 e. The van der Waals surface area contributed by atoms with Gasteiger partial charge in [0.1, 0.15) is 0 Å². The first kappa shape index (κ1) is 30.5. The van der Waals surface area contributed by atoms with Gasteiger partial charge in [0.25, 0.3) is 0 Å². The molecule has 2 aliphatic carbocycles. The Hall–Kier alpha value is -7.68. The summed E-state index contributed by atoms with van der Waals surface area (Å²) in [6.45, 7) is 0. The zero-order valence-corrected chi connectivity index (χ0v) is 31.4. The van der Waals surface area contributed by atoms with E-state index in [0.717, 1.165) is 0 Å². The Balaban J connectivity index is 0.956. The lowest BCUT2D eigenvalue weighted by molar-refractivity contribution is 1.20. The van der Waals surface area contributed by atoms with Crippen molar-refractivity contribution in [3.8, 4) is 67.0 Å². The fourth-order valence-corrected chi connectivity index (χ4v) is 10.8. The maximum absolute atomic E-state index is 2.48. The van der Waals surface area contributed by atoms with Gasteiger partial charge in [0.2, 0.25) is 0 Å². The van der Waals surface area contributed by atoms with Crippen LogP contribution in [0.1, 0.15) is 0 Å². The molecule has 2 aliphatic rings. The Labute approximate surface area is 334 Å². The molecule has 0 saturated carbocycles. The van der Waals surface area contributed by atoms with Crippen LogP contribution in [0.2, 0.25) is 0 Å². The fraction of sp³-hybridized carbons (Fsp3) is 0. The van der Waals surface area contributed by atoms with E-state index in [4.69, 9.17) is 0 Å². The van der Waals surface area contributed by atoms with E-state index in [1.54, 1.807) is 0 Å². The Morgan fingerprint density at radius 3 is 1.02 bits per heavy atom. The third-order valence-electron chi connectivity index (χ3n) is 13.2. The molecule has 12 aromatic rings. The normalized spacial score (nSPS) is 12.5. The number of para-hydroxylation sites is 2. The van der Waals surface area contributed by atoms with E-state index >= 15 is 0 Å². The van der Waals surface area contributed by atoms with E-state index < -0.39 is 0 Å². The lowest BCUT2D eigenvalue weighted by Crippen LogP contribution is -1.96. The van der Waals surface area contributed by atoms with Gasteiger partial charge in [0.15, 0.2) is 0 Å². The minimum absolute atomic E-state index is 1.22. The topological polar surface area (TPSA) is 9.86 Å². The van der Waals surface area contributed by atoms with Crippen molar-refractivity contribution in [3.05, 3.63) is 194 Å². The molecule has 0 bridgehead atoms. The second-order valence-electron chi connectivity index (χ2n) is 16.0. The molecule has 0 radical (unpaired) electrons. The summed E-state index contributed by atoms with van der Waals surface area (Å²) in [5.41, 5.74) is 20.3. The number of benzene rings is 10. The lowest BCUT2D eigenvalue weighted by atomic mass is 10.00. The molecule has 2 nitrogen and oxygen atoms in total. The van der Waals surface area contributed by atoms with Crippen molar-refractivity contribution in [1.82, 2.24) is 9.13 Å². The summed E-state index contributed by atoms with van der Waals surface area (Å²) in [7, 11) is 0. The average molecular weight is 733 g/mol. The molecule has 58 heavy (non-hydrogen) atoms. The van der Waals surface area contributed by atoms with Crippen LogP contribution in [0.15, 0.2) is 194 Å².